The number of hydrogen-bond acceptors (Lipinski definition) is 3. The van der Waals surface area contributed by atoms with Crippen LogP contribution in [0.15, 0.2) is 42.5 Å². The molecule has 0 N–H and O–H groups in total. The third-order valence-electron chi connectivity index (χ3n) is 3.34. The predicted molar refractivity (Wildman–Crippen MR) is 86.1 cm³/mol. The highest BCUT2D eigenvalue weighted by Crippen LogP contribution is 2.22. The van der Waals surface area contributed by atoms with Crippen molar-refractivity contribution in [2.24, 2.45) is 0 Å². The van der Waals surface area contributed by atoms with Gasteiger partial charge in [0.05, 0.1) is 10.6 Å². The Bertz CT molecular complexity index is 768. The molecule has 0 saturated carbocycles. The second kappa shape index (κ2) is 7.40. The lowest BCUT2D eigenvalue weighted by atomic mass is 10.2. The summed E-state index contributed by atoms with van der Waals surface area (Å²) in [7, 11) is 1.53. The van der Waals surface area contributed by atoms with Crippen LogP contribution in [0.5, 0.6) is 0 Å². The van der Waals surface area contributed by atoms with Gasteiger partial charge in [-0.05, 0) is 31.2 Å². The van der Waals surface area contributed by atoms with Gasteiger partial charge in [-0.3, -0.25) is 4.79 Å². The van der Waals surface area contributed by atoms with E-state index in [0.717, 1.165) is 0 Å². The number of hydrogen-bond donors (Lipinski definition) is 0. The molecule has 0 aliphatic heterocycles. The number of likely N-dealkylation sites (N-methyl/N-ethyl adjacent to an activating group) is 1. The zero-order chi connectivity index (χ0) is 17.9. The number of ether oxygens (including phenoxy) is 1. The molecule has 0 spiro atoms. The molecule has 2 aromatic carbocycles. The summed E-state index contributed by atoms with van der Waals surface area (Å²) in [5, 5.41) is -0.296. The first-order valence-corrected chi connectivity index (χ1v) is 7.37. The van der Waals surface area contributed by atoms with Crippen LogP contribution in [0.4, 0.5) is 14.5 Å². The summed E-state index contributed by atoms with van der Waals surface area (Å²) >= 11 is 5.71. The first-order chi connectivity index (χ1) is 11.3. The maximum atomic E-state index is 13.2. The molecule has 0 unspecified atom stereocenters. The second-order valence-corrected chi connectivity index (χ2v) is 5.43. The number of anilines is 1. The highest BCUT2D eigenvalue weighted by atomic mass is 35.5. The van der Waals surface area contributed by atoms with E-state index >= 15 is 0 Å². The molecule has 0 fully saturated rings. The van der Waals surface area contributed by atoms with Crippen LogP contribution in [0.3, 0.4) is 0 Å². The molecule has 0 heterocycles. The molecule has 24 heavy (non-hydrogen) atoms. The molecule has 0 aliphatic rings. The van der Waals surface area contributed by atoms with E-state index in [0.29, 0.717) is 17.8 Å². The number of amides is 1. The second-order valence-electron chi connectivity index (χ2n) is 5.03. The average molecular weight is 354 g/mol. The van der Waals surface area contributed by atoms with Gasteiger partial charge in [0.2, 0.25) is 0 Å². The van der Waals surface area contributed by atoms with Crippen molar-refractivity contribution in [1.29, 1.82) is 0 Å². The zero-order valence-electron chi connectivity index (χ0n) is 12.9. The van der Waals surface area contributed by atoms with Crippen molar-refractivity contribution in [1.82, 2.24) is 0 Å². The maximum Gasteiger partial charge on any atom is 0.340 e. The molecule has 126 valence electrons. The van der Waals surface area contributed by atoms with Crippen molar-refractivity contribution in [2.75, 3.05) is 11.9 Å². The van der Waals surface area contributed by atoms with Crippen molar-refractivity contribution in [3.63, 3.8) is 0 Å². The number of nitrogens with zero attached hydrogens (tertiary/aromatic N) is 1. The topological polar surface area (TPSA) is 46.6 Å². The molecule has 0 bridgehead atoms. The van der Waals surface area contributed by atoms with Crippen LogP contribution in [0.25, 0.3) is 0 Å². The highest BCUT2D eigenvalue weighted by Gasteiger charge is 2.25. The molecule has 2 aromatic rings. The van der Waals surface area contributed by atoms with Crippen LogP contribution < -0.4 is 4.90 Å². The van der Waals surface area contributed by atoms with Crippen molar-refractivity contribution >= 4 is 29.2 Å². The Balaban J connectivity index is 2.11. The molecule has 0 radical (unpaired) electrons. The van der Waals surface area contributed by atoms with E-state index in [9.17, 15) is 18.4 Å². The molecule has 1 atom stereocenters. The van der Waals surface area contributed by atoms with Crippen molar-refractivity contribution < 1.29 is 23.1 Å². The number of carbonyl (C=O) groups excluding carboxylic acids is 2. The Morgan fingerprint density at radius 1 is 1.12 bits per heavy atom. The zero-order valence-corrected chi connectivity index (χ0v) is 13.7. The monoisotopic (exact) mass is 353 g/mol. The Labute approximate surface area is 142 Å². The smallest absolute Gasteiger partial charge is 0.340 e. The number of benzene rings is 2. The third kappa shape index (κ3) is 3.89. The lowest BCUT2D eigenvalue weighted by molar-refractivity contribution is -0.126. The fourth-order valence-electron chi connectivity index (χ4n) is 2.00. The minimum absolute atomic E-state index is 0.296. The van der Waals surface area contributed by atoms with Crippen LogP contribution >= 0.6 is 11.6 Å². The van der Waals surface area contributed by atoms with E-state index in [4.69, 9.17) is 16.3 Å². The average Bonchev–Trinajstić information content (AvgIpc) is 2.57. The number of rotatable bonds is 4. The normalized spacial score (nSPS) is 11.7. The highest BCUT2D eigenvalue weighted by molar-refractivity contribution is 6.33. The number of carbonyl (C=O) groups is 2. The van der Waals surface area contributed by atoms with Crippen molar-refractivity contribution in [2.45, 2.75) is 13.0 Å². The molecular weight excluding hydrogens is 340 g/mol. The molecule has 1 amide bonds. The summed E-state index contributed by atoms with van der Waals surface area (Å²) in [5.74, 6) is -3.90. The SMILES string of the molecule is C[C@H](OC(=O)c1cc(F)c(F)cc1Cl)C(=O)N(C)c1ccccc1. The van der Waals surface area contributed by atoms with Gasteiger partial charge in [0, 0.05) is 12.7 Å². The van der Waals surface area contributed by atoms with Gasteiger partial charge >= 0.3 is 5.97 Å². The fraction of sp³-hybridized carbons (Fsp3) is 0.176. The molecule has 0 saturated heterocycles. The van der Waals surface area contributed by atoms with Gasteiger partial charge in [0.25, 0.3) is 5.91 Å². The van der Waals surface area contributed by atoms with E-state index in [1.54, 1.807) is 30.3 Å². The lowest BCUT2D eigenvalue weighted by Gasteiger charge is -2.21. The maximum absolute atomic E-state index is 13.2. The van der Waals surface area contributed by atoms with Crippen LogP contribution in [-0.2, 0) is 9.53 Å². The van der Waals surface area contributed by atoms with Gasteiger partial charge in [-0.15, -0.1) is 0 Å². The molecule has 0 aliphatic carbocycles. The van der Waals surface area contributed by atoms with Crippen LogP contribution in [-0.4, -0.2) is 25.0 Å². The van der Waals surface area contributed by atoms with E-state index in [1.165, 1.54) is 18.9 Å². The molecule has 4 nitrogen and oxygen atoms in total. The summed E-state index contributed by atoms with van der Waals surface area (Å²) in [4.78, 5) is 25.7. The van der Waals surface area contributed by atoms with Crippen LogP contribution in [0.1, 0.15) is 17.3 Å². The number of esters is 1. The molecule has 2 rings (SSSR count). The summed E-state index contributed by atoms with van der Waals surface area (Å²) in [5.41, 5.74) is 0.272. The van der Waals surface area contributed by atoms with E-state index in [1.807, 2.05) is 0 Å². The standard InChI is InChI=1S/C17H14ClF2NO3/c1-10(16(22)21(2)11-6-4-3-5-7-11)24-17(23)12-8-14(19)15(20)9-13(12)18/h3-10H,1-2H3/t10-/m0/s1. The van der Waals surface area contributed by atoms with Gasteiger partial charge < -0.3 is 9.64 Å². The first kappa shape index (κ1) is 17.9. The summed E-state index contributed by atoms with van der Waals surface area (Å²) in [6.07, 6.45) is -1.13. The minimum atomic E-state index is -1.23. The Morgan fingerprint density at radius 3 is 2.33 bits per heavy atom. The van der Waals surface area contributed by atoms with Gasteiger partial charge in [-0.1, -0.05) is 29.8 Å². The van der Waals surface area contributed by atoms with Gasteiger partial charge in [0.15, 0.2) is 17.7 Å². The summed E-state index contributed by atoms with van der Waals surface area (Å²) in [6.45, 7) is 1.38. The van der Waals surface area contributed by atoms with Crippen LogP contribution in [0.2, 0.25) is 5.02 Å². The van der Waals surface area contributed by atoms with Gasteiger partial charge in [0.1, 0.15) is 0 Å². The van der Waals surface area contributed by atoms with Crippen molar-refractivity contribution in [3.05, 3.63) is 64.7 Å². The van der Waals surface area contributed by atoms with E-state index in [2.05, 4.69) is 0 Å². The van der Waals surface area contributed by atoms with E-state index < -0.39 is 29.6 Å². The molecular formula is C17H14ClF2NO3. The third-order valence-corrected chi connectivity index (χ3v) is 3.65. The van der Waals surface area contributed by atoms with Gasteiger partial charge in [-0.25, -0.2) is 13.6 Å². The predicted octanol–water partition coefficient (Wildman–Crippen LogP) is 3.83. The van der Waals surface area contributed by atoms with E-state index in [-0.39, 0.29) is 10.6 Å². The summed E-state index contributed by atoms with van der Waals surface area (Å²) < 4.78 is 31.3. The lowest BCUT2D eigenvalue weighted by Crippen LogP contribution is -2.37. The van der Waals surface area contributed by atoms with Crippen molar-refractivity contribution in [3.8, 4) is 0 Å². The first-order valence-electron chi connectivity index (χ1n) is 6.99. The molecule has 7 heteroatoms. The largest absolute Gasteiger partial charge is 0.449 e. The Hall–Kier alpha value is -2.47. The molecule has 0 aromatic heterocycles. The van der Waals surface area contributed by atoms with Crippen LogP contribution in [0, 0.1) is 11.6 Å². The number of halogens is 3. The summed E-state index contributed by atoms with van der Waals surface area (Å²) in [6, 6.07) is 10.1. The fourth-order valence-corrected chi connectivity index (χ4v) is 2.23. The number of para-hydroxylation sites is 1. The quantitative estimate of drug-likeness (QED) is 0.620. The minimum Gasteiger partial charge on any atom is -0.449 e. The Morgan fingerprint density at radius 2 is 1.71 bits per heavy atom. The Kier molecular flexibility index (Phi) is 5.51. The van der Waals surface area contributed by atoms with Gasteiger partial charge in [-0.2, -0.15) is 0 Å².